The Balaban J connectivity index is 1.34. The summed E-state index contributed by atoms with van der Waals surface area (Å²) in [7, 11) is 0. The highest BCUT2D eigenvalue weighted by atomic mass is 16.5. The second-order valence-corrected chi connectivity index (χ2v) is 7.83. The summed E-state index contributed by atoms with van der Waals surface area (Å²) in [6, 6.07) is 18.6. The third kappa shape index (κ3) is 5.98. The molecule has 0 radical (unpaired) electrons. The smallest absolute Gasteiger partial charge is 0.243 e. The molecule has 0 aliphatic rings. The van der Waals surface area contributed by atoms with E-state index >= 15 is 0 Å². The maximum atomic E-state index is 12.9. The van der Waals surface area contributed by atoms with E-state index in [1.165, 1.54) is 6.92 Å². The Morgan fingerprint density at radius 1 is 1.03 bits per heavy atom. The van der Waals surface area contributed by atoms with Gasteiger partial charge in [-0.25, -0.2) is 0 Å². The number of H-pyrrole nitrogens is 1. The highest BCUT2D eigenvalue weighted by Gasteiger charge is 2.21. The number of fused-ring (bicyclic) bond motifs is 1. The molecule has 0 fully saturated rings. The van der Waals surface area contributed by atoms with Crippen LogP contribution in [0.5, 0.6) is 5.75 Å². The van der Waals surface area contributed by atoms with Crippen molar-refractivity contribution in [3.05, 3.63) is 95.9 Å². The predicted octanol–water partition coefficient (Wildman–Crippen LogP) is 3.51. The molecule has 3 N–H and O–H groups in total. The number of nitrogens with one attached hydrogen (secondary N) is 3. The van der Waals surface area contributed by atoms with Gasteiger partial charge in [0.25, 0.3) is 0 Å². The lowest BCUT2D eigenvalue weighted by molar-refractivity contribution is -0.128. The lowest BCUT2D eigenvalue weighted by Crippen LogP contribution is -2.47. The Morgan fingerprint density at radius 3 is 2.61 bits per heavy atom. The predicted molar refractivity (Wildman–Crippen MR) is 126 cm³/mol. The molecule has 1 atom stereocenters. The number of aromatic nitrogens is 2. The monoisotopic (exact) mass is 442 g/mol. The average Bonchev–Trinajstić information content (AvgIpc) is 3.24. The fraction of sp³-hybridized carbons (Fsp3) is 0.192. The van der Waals surface area contributed by atoms with Crippen LogP contribution in [0.15, 0.2) is 79.3 Å². The summed E-state index contributed by atoms with van der Waals surface area (Å²) >= 11 is 0. The summed E-state index contributed by atoms with van der Waals surface area (Å²) < 4.78 is 5.77. The van der Waals surface area contributed by atoms with Gasteiger partial charge in [0, 0.05) is 54.9 Å². The van der Waals surface area contributed by atoms with E-state index in [2.05, 4.69) is 20.6 Å². The summed E-state index contributed by atoms with van der Waals surface area (Å²) in [4.78, 5) is 31.9. The Kier molecular flexibility index (Phi) is 6.99. The summed E-state index contributed by atoms with van der Waals surface area (Å²) in [5.74, 6) is 0.266. The van der Waals surface area contributed by atoms with Crippen molar-refractivity contribution in [3.63, 3.8) is 0 Å². The van der Waals surface area contributed by atoms with E-state index in [4.69, 9.17) is 4.74 Å². The zero-order valence-electron chi connectivity index (χ0n) is 18.4. The maximum Gasteiger partial charge on any atom is 0.243 e. The number of pyridine rings is 1. The van der Waals surface area contributed by atoms with Gasteiger partial charge in [-0.15, -0.1) is 0 Å². The number of aromatic amines is 1. The van der Waals surface area contributed by atoms with Crippen molar-refractivity contribution in [2.45, 2.75) is 32.5 Å². The molecular formula is C26H26N4O3. The van der Waals surface area contributed by atoms with Crippen LogP contribution in [0, 0.1) is 0 Å². The molecule has 0 bridgehead atoms. The standard InChI is InChI=1S/C26H26N4O3/c1-18(31)30-25(13-21-16-28-24-7-3-2-6-23(21)24)26(32)29-15-19-8-10-22(11-9-19)33-17-20-5-4-12-27-14-20/h2-12,14,16,25,28H,13,15,17H2,1H3,(H,29,32)(H,30,31). The second-order valence-electron chi connectivity index (χ2n) is 7.83. The van der Waals surface area contributed by atoms with Gasteiger partial charge >= 0.3 is 0 Å². The number of hydrogen-bond donors (Lipinski definition) is 3. The zero-order valence-corrected chi connectivity index (χ0v) is 18.4. The van der Waals surface area contributed by atoms with E-state index in [1.54, 1.807) is 12.4 Å². The maximum absolute atomic E-state index is 12.9. The fourth-order valence-corrected chi connectivity index (χ4v) is 3.64. The summed E-state index contributed by atoms with van der Waals surface area (Å²) in [5, 5.41) is 6.74. The summed E-state index contributed by atoms with van der Waals surface area (Å²) in [5.41, 5.74) is 3.91. The normalized spacial score (nSPS) is 11.7. The molecule has 0 spiro atoms. The SMILES string of the molecule is CC(=O)NC(Cc1c[nH]c2ccccc12)C(=O)NCc1ccc(OCc2cccnc2)cc1. The molecule has 2 aromatic heterocycles. The minimum absolute atomic E-state index is 0.229. The van der Waals surface area contributed by atoms with Gasteiger partial charge in [-0.1, -0.05) is 36.4 Å². The van der Waals surface area contributed by atoms with Crippen LogP contribution in [0.3, 0.4) is 0 Å². The number of hydrogen-bond acceptors (Lipinski definition) is 4. The molecule has 1 unspecified atom stereocenters. The lowest BCUT2D eigenvalue weighted by Gasteiger charge is -2.17. The topological polar surface area (TPSA) is 96.1 Å². The Hall–Kier alpha value is -4.13. The third-order valence-corrected chi connectivity index (χ3v) is 5.31. The molecule has 2 aromatic carbocycles. The van der Waals surface area contributed by atoms with E-state index in [0.29, 0.717) is 19.6 Å². The van der Waals surface area contributed by atoms with Crippen molar-refractivity contribution in [2.24, 2.45) is 0 Å². The van der Waals surface area contributed by atoms with Gasteiger partial charge < -0.3 is 20.4 Å². The first-order chi connectivity index (χ1) is 16.1. The van der Waals surface area contributed by atoms with E-state index in [1.807, 2.05) is 66.9 Å². The number of rotatable bonds is 9. The Morgan fingerprint density at radius 2 is 1.85 bits per heavy atom. The summed E-state index contributed by atoms with van der Waals surface area (Å²) in [6.07, 6.45) is 5.78. The quantitative estimate of drug-likeness (QED) is 0.370. The Bertz CT molecular complexity index is 1220. The largest absolute Gasteiger partial charge is 0.489 e. The Labute approximate surface area is 192 Å². The molecule has 2 heterocycles. The first kappa shape index (κ1) is 22.1. The molecule has 0 saturated carbocycles. The number of amides is 2. The molecule has 4 aromatic rings. The van der Waals surface area contributed by atoms with Crippen molar-refractivity contribution in [2.75, 3.05) is 0 Å². The number of carbonyl (C=O) groups excluding carboxylic acids is 2. The summed E-state index contributed by atoms with van der Waals surface area (Å²) in [6.45, 7) is 2.21. The first-order valence-corrected chi connectivity index (χ1v) is 10.8. The van der Waals surface area contributed by atoms with Crippen LogP contribution in [-0.4, -0.2) is 27.8 Å². The molecule has 4 rings (SSSR count). The average molecular weight is 443 g/mol. The molecule has 0 saturated heterocycles. The van der Waals surface area contributed by atoms with Gasteiger partial charge in [0.2, 0.25) is 11.8 Å². The minimum atomic E-state index is -0.663. The number of carbonyl (C=O) groups is 2. The van der Waals surface area contributed by atoms with Crippen molar-refractivity contribution < 1.29 is 14.3 Å². The molecule has 0 aliphatic heterocycles. The molecule has 168 valence electrons. The van der Waals surface area contributed by atoms with Crippen LogP contribution < -0.4 is 15.4 Å². The molecule has 7 heteroatoms. The lowest BCUT2D eigenvalue weighted by atomic mass is 10.0. The van der Waals surface area contributed by atoms with E-state index < -0.39 is 6.04 Å². The zero-order chi connectivity index (χ0) is 23.0. The van der Waals surface area contributed by atoms with Crippen LogP contribution in [0.2, 0.25) is 0 Å². The van der Waals surface area contributed by atoms with Gasteiger partial charge in [0.15, 0.2) is 0 Å². The number of nitrogens with zero attached hydrogens (tertiary/aromatic N) is 1. The van der Waals surface area contributed by atoms with Crippen LogP contribution in [0.1, 0.15) is 23.6 Å². The van der Waals surface area contributed by atoms with Crippen LogP contribution in [0.25, 0.3) is 10.9 Å². The van der Waals surface area contributed by atoms with E-state index in [0.717, 1.165) is 33.3 Å². The van der Waals surface area contributed by atoms with Crippen molar-refractivity contribution in [1.82, 2.24) is 20.6 Å². The molecule has 2 amide bonds. The van der Waals surface area contributed by atoms with E-state index in [-0.39, 0.29) is 11.8 Å². The van der Waals surface area contributed by atoms with Gasteiger partial charge in [0.1, 0.15) is 18.4 Å². The molecular weight excluding hydrogens is 416 g/mol. The van der Waals surface area contributed by atoms with Crippen LogP contribution in [-0.2, 0) is 29.2 Å². The fourth-order valence-electron chi connectivity index (χ4n) is 3.64. The minimum Gasteiger partial charge on any atom is -0.489 e. The van der Waals surface area contributed by atoms with Gasteiger partial charge in [0.05, 0.1) is 0 Å². The van der Waals surface area contributed by atoms with Gasteiger partial charge in [-0.2, -0.15) is 0 Å². The van der Waals surface area contributed by atoms with Gasteiger partial charge in [-0.3, -0.25) is 14.6 Å². The van der Waals surface area contributed by atoms with Crippen molar-refractivity contribution >= 4 is 22.7 Å². The highest BCUT2D eigenvalue weighted by Crippen LogP contribution is 2.19. The van der Waals surface area contributed by atoms with Gasteiger partial charge in [-0.05, 0) is 35.4 Å². The first-order valence-electron chi connectivity index (χ1n) is 10.8. The van der Waals surface area contributed by atoms with Crippen LogP contribution in [0.4, 0.5) is 0 Å². The van der Waals surface area contributed by atoms with Crippen molar-refractivity contribution in [3.8, 4) is 5.75 Å². The second kappa shape index (κ2) is 10.5. The number of para-hydroxylation sites is 1. The third-order valence-electron chi connectivity index (χ3n) is 5.31. The molecule has 7 nitrogen and oxygen atoms in total. The molecule has 0 aliphatic carbocycles. The highest BCUT2D eigenvalue weighted by molar-refractivity contribution is 5.89. The molecule has 33 heavy (non-hydrogen) atoms. The van der Waals surface area contributed by atoms with E-state index in [9.17, 15) is 9.59 Å². The number of benzene rings is 2. The number of ether oxygens (including phenoxy) is 1. The van der Waals surface area contributed by atoms with Crippen LogP contribution >= 0.6 is 0 Å². The van der Waals surface area contributed by atoms with Crippen molar-refractivity contribution in [1.29, 1.82) is 0 Å².